The number of nitrogens with zero attached hydrogens (tertiary/aromatic N) is 1. The first-order valence-corrected chi connectivity index (χ1v) is 7.48. The maximum atomic E-state index is 10.6. The zero-order chi connectivity index (χ0) is 15.9. The summed E-state index contributed by atoms with van der Waals surface area (Å²) in [6.07, 6.45) is 5.93. The summed E-state index contributed by atoms with van der Waals surface area (Å²) in [6, 6.07) is 12.2. The van der Waals surface area contributed by atoms with Crippen molar-refractivity contribution in [2.45, 2.75) is 32.6 Å². The first-order chi connectivity index (χ1) is 10.6. The van der Waals surface area contributed by atoms with E-state index in [0.717, 1.165) is 16.7 Å². The Morgan fingerprint density at radius 2 is 1.87 bits per heavy atom. The SMILES string of the molecule is CC(C)c1ccc(/C(=C\CCC(=O)[O-])c2cccnc2)cc1.[Na+]. The van der Waals surface area contributed by atoms with E-state index in [2.05, 4.69) is 43.1 Å². The second-order valence-electron chi connectivity index (χ2n) is 5.55. The Labute approximate surface area is 159 Å². The summed E-state index contributed by atoms with van der Waals surface area (Å²) < 4.78 is 0. The molecule has 1 heterocycles. The Bertz CT molecular complexity index is 649. The number of hydrogen-bond donors (Lipinski definition) is 0. The van der Waals surface area contributed by atoms with Crippen molar-refractivity contribution in [2.24, 2.45) is 0 Å². The van der Waals surface area contributed by atoms with Crippen LogP contribution in [0.25, 0.3) is 5.57 Å². The van der Waals surface area contributed by atoms with E-state index in [1.165, 1.54) is 5.56 Å². The van der Waals surface area contributed by atoms with Crippen LogP contribution in [0.3, 0.4) is 0 Å². The summed E-state index contributed by atoms with van der Waals surface area (Å²) in [4.78, 5) is 14.8. The van der Waals surface area contributed by atoms with Crippen LogP contribution < -0.4 is 34.7 Å². The first-order valence-electron chi connectivity index (χ1n) is 7.48. The predicted molar refractivity (Wildman–Crippen MR) is 86.1 cm³/mol. The van der Waals surface area contributed by atoms with Crippen molar-refractivity contribution in [1.29, 1.82) is 0 Å². The summed E-state index contributed by atoms with van der Waals surface area (Å²) >= 11 is 0. The van der Waals surface area contributed by atoms with Crippen molar-refractivity contribution in [2.75, 3.05) is 0 Å². The average Bonchev–Trinajstić information content (AvgIpc) is 2.52. The van der Waals surface area contributed by atoms with Gasteiger partial charge in [-0.2, -0.15) is 0 Å². The van der Waals surface area contributed by atoms with Crippen LogP contribution in [-0.2, 0) is 4.79 Å². The number of aliphatic carboxylic acids is 1. The van der Waals surface area contributed by atoms with E-state index in [-0.39, 0.29) is 36.0 Å². The molecule has 0 amide bonds. The fourth-order valence-electron chi connectivity index (χ4n) is 2.31. The van der Waals surface area contributed by atoms with Gasteiger partial charge in [0.2, 0.25) is 0 Å². The molecule has 2 rings (SSSR count). The van der Waals surface area contributed by atoms with Gasteiger partial charge in [0.05, 0.1) is 0 Å². The molecule has 0 aliphatic carbocycles. The summed E-state index contributed by atoms with van der Waals surface area (Å²) in [7, 11) is 0. The summed E-state index contributed by atoms with van der Waals surface area (Å²) in [6.45, 7) is 4.32. The van der Waals surface area contributed by atoms with Crippen LogP contribution in [-0.4, -0.2) is 11.0 Å². The first kappa shape index (κ1) is 19.6. The standard InChI is InChI=1S/C19H21NO2.Na/c1-14(2)15-8-10-16(11-9-15)18(6-3-7-19(21)22)17-5-4-12-20-13-17;/h4-6,8-14H,3,7H2,1-2H3,(H,21,22);/q;+1/p-1/b18-6+;. The molecule has 0 atom stereocenters. The molecule has 3 nitrogen and oxygen atoms in total. The Balaban J connectivity index is 0.00000264. The van der Waals surface area contributed by atoms with E-state index >= 15 is 0 Å². The van der Waals surface area contributed by atoms with Gasteiger partial charge in [0.25, 0.3) is 0 Å². The number of carbonyl (C=O) groups is 1. The van der Waals surface area contributed by atoms with Crippen molar-refractivity contribution < 1.29 is 39.5 Å². The molecule has 0 unspecified atom stereocenters. The molecule has 0 N–H and O–H groups in total. The third-order valence-corrected chi connectivity index (χ3v) is 3.56. The zero-order valence-electron chi connectivity index (χ0n) is 14.0. The normalized spacial score (nSPS) is 11.2. The van der Waals surface area contributed by atoms with E-state index < -0.39 is 5.97 Å². The second-order valence-corrected chi connectivity index (χ2v) is 5.55. The molecule has 1 aromatic heterocycles. The maximum absolute atomic E-state index is 10.6. The molecule has 0 bridgehead atoms. The Kier molecular flexibility index (Phi) is 8.24. The van der Waals surface area contributed by atoms with E-state index in [1.54, 1.807) is 12.4 Å². The fourth-order valence-corrected chi connectivity index (χ4v) is 2.31. The van der Waals surface area contributed by atoms with Gasteiger partial charge in [-0.1, -0.05) is 50.3 Å². The van der Waals surface area contributed by atoms with E-state index in [1.807, 2.05) is 18.2 Å². The minimum Gasteiger partial charge on any atom is -0.550 e. The Hall–Kier alpha value is -1.42. The molecular formula is C19H20NNaO2. The molecule has 1 aromatic carbocycles. The number of rotatable bonds is 6. The Morgan fingerprint density at radius 3 is 2.39 bits per heavy atom. The molecular weight excluding hydrogens is 297 g/mol. The van der Waals surface area contributed by atoms with E-state index in [0.29, 0.717) is 12.3 Å². The van der Waals surface area contributed by atoms with Crippen LogP contribution in [0.2, 0.25) is 0 Å². The third kappa shape index (κ3) is 5.94. The smallest absolute Gasteiger partial charge is 0.550 e. The molecule has 0 saturated heterocycles. The summed E-state index contributed by atoms with van der Waals surface area (Å²) in [5.74, 6) is -0.546. The van der Waals surface area contributed by atoms with Crippen molar-refractivity contribution in [3.63, 3.8) is 0 Å². The quantitative estimate of drug-likeness (QED) is 0.714. The molecule has 0 aliphatic rings. The van der Waals surface area contributed by atoms with Crippen molar-refractivity contribution in [3.8, 4) is 0 Å². The number of allylic oxidation sites excluding steroid dienone is 1. The number of hydrogen-bond acceptors (Lipinski definition) is 3. The van der Waals surface area contributed by atoms with Crippen molar-refractivity contribution in [3.05, 3.63) is 71.6 Å². The van der Waals surface area contributed by atoms with Crippen LogP contribution in [0.1, 0.15) is 49.3 Å². The molecule has 4 heteroatoms. The van der Waals surface area contributed by atoms with Gasteiger partial charge in [0.1, 0.15) is 0 Å². The number of pyridine rings is 1. The van der Waals surface area contributed by atoms with Gasteiger partial charge >= 0.3 is 29.6 Å². The molecule has 23 heavy (non-hydrogen) atoms. The molecule has 0 radical (unpaired) electrons. The molecule has 0 saturated carbocycles. The van der Waals surface area contributed by atoms with Gasteiger partial charge in [0.15, 0.2) is 0 Å². The number of carbonyl (C=O) groups excluding carboxylic acids is 1. The van der Waals surface area contributed by atoms with Crippen LogP contribution in [0.5, 0.6) is 0 Å². The van der Waals surface area contributed by atoms with Gasteiger partial charge in [-0.15, -0.1) is 0 Å². The van der Waals surface area contributed by atoms with Crippen molar-refractivity contribution in [1.82, 2.24) is 4.98 Å². The molecule has 114 valence electrons. The summed E-state index contributed by atoms with van der Waals surface area (Å²) in [5.41, 5.74) is 4.34. The fraction of sp³-hybridized carbons (Fsp3) is 0.263. The number of benzene rings is 1. The number of carboxylic acids is 1. The van der Waals surface area contributed by atoms with Crippen LogP contribution in [0.15, 0.2) is 54.9 Å². The second kappa shape index (κ2) is 9.66. The van der Waals surface area contributed by atoms with E-state index in [9.17, 15) is 9.90 Å². The van der Waals surface area contributed by atoms with Crippen LogP contribution in [0, 0.1) is 0 Å². The molecule has 0 fully saturated rings. The monoisotopic (exact) mass is 317 g/mol. The van der Waals surface area contributed by atoms with Gasteiger partial charge in [-0.05, 0) is 41.5 Å². The molecule has 2 aromatic rings. The number of carboxylic acid groups (broad SMARTS) is 1. The third-order valence-electron chi connectivity index (χ3n) is 3.56. The minimum absolute atomic E-state index is 0. The minimum atomic E-state index is -1.03. The van der Waals surface area contributed by atoms with Crippen molar-refractivity contribution >= 4 is 11.5 Å². The number of aromatic nitrogens is 1. The zero-order valence-corrected chi connectivity index (χ0v) is 16.0. The van der Waals surface area contributed by atoms with Crippen LogP contribution >= 0.6 is 0 Å². The molecule has 0 spiro atoms. The maximum Gasteiger partial charge on any atom is 1.00 e. The van der Waals surface area contributed by atoms with Gasteiger partial charge < -0.3 is 9.90 Å². The topological polar surface area (TPSA) is 53.0 Å². The van der Waals surface area contributed by atoms with Crippen LogP contribution in [0.4, 0.5) is 0 Å². The summed E-state index contributed by atoms with van der Waals surface area (Å²) in [5, 5.41) is 10.6. The largest absolute Gasteiger partial charge is 1.00 e. The van der Waals surface area contributed by atoms with Gasteiger partial charge in [-0.3, -0.25) is 4.98 Å². The predicted octanol–water partition coefficient (Wildman–Crippen LogP) is 0.171. The van der Waals surface area contributed by atoms with E-state index in [4.69, 9.17) is 0 Å². The average molecular weight is 317 g/mol. The Morgan fingerprint density at radius 1 is 1.17 bits per heavy atom. The van der Waals surface area contributed by atoms with Gasteiger partial charge in [-0.25, -0.2) is 0 Å². The molecule has 0 aliphatic heterocycles. The van der Waals surface area contributed by atoms with Gasteiger partial charge in [0, 0.05) is 23.9 Å².